The number of carbonyl (C=O) groups is 1. The van der Waals surface area contributed by atoms with Crippen LogP contribution in [-0.2, 0) is 0 Å². The highest BCUT2D eigenvalue weighted by Crippen LogP contribution is 2.29. The Labute approximate surface area is 124 Å². The van der Waals surface area contributed by atoms with Crippen LogP contribution in [0.2, 0.25) is 0 Å². The highest BCUT2D eigenvalue weighted by atomic mass is 32.1. The Balaban J connectivity index is 2.07. The van der Waals surface area contributed by atoms with Gasteiger partial charge in [-0.2, -0.15) is 0 Å². The largest absolute Gasteiger partial charge is 0.477 e. The fourth-order valence-corrected chi connectivity index (χ4v) is 2.98. The van der Waals surface area contributed by atoms with E-state index in [1.54, 1.807) is 11.6 Å². The zero-order valence-corrected chi connectivity index (χ0v) is 12.3. The van der Waals surface area contributed by atoms with E-state index in [4.69, 9.17) is 5.11 Å². The van der Waals surface area contributed by atoms with E-state index in [1.165, 1.54) is 0 Å². The van der Waals surface area contributed by atoms with Gasteiger partial charge in [-0.1, -0.05) is 23.4 Å². The van der Waals surface area contributed by atoms with E-state index in [-0.39, 0.29) is 4.88 Å². The highest BCUT2D eigenvalue weighted by Gasteiger charge is 2.20. The number of rotatable bonds is 3. The molecule has 2 aromatic heterocycles. The number of aromatic nitrogens is 4. The van der Waals surface area contributed by atoms with Crippen molar-refractivity contribution in [2.24, 2.45) is 0 Å². The molecule has 6 nitrogen and oxygen atoms in total. The molecule has 3 rings (SSSR count). The molecule has 0 saturated carbocycles. The third-order valence-electron chi connectivity index (χ3n) is 3.09. The van der Waals surface area contributed by atoms with Crippen LogP contribution in [-0.4, -0.2) is 31.1 Å². The molecular weight excluding hydrogens is 288 g/mol. The van der Waals surface area contributed by atoms with Crippen molar-refractivity contribution in [2.45, 2.75) is 13.8 Å². The highest BCUT2D eigenvalue weighted by molar-refractivity contribution is 7.17. The van der Waals surface area contributed by atoms with E-state index in [9.17, 15) is 4.79 Å². The van der Waals surface area contributed by atoms with Gasteiger partial charge in [0.1, 0.15) is 15.6 Å². The third-order valence-corrected chi connectivity index (χ3v) is 4.24. The molecule has 1 N–H and O–H groups in total. The van der Waals surface area contributed by atoms with Crippen LogP contribution in [0.25, 0.3) is 16.4 Å². The maximum absolute atomic E-state index is 11.1. The average molecular weight is 300 g/mol. The molecule has 0 aliphatic rings. The van der Waals surface area contributed by atoms with Crippen molar-refractivity contribution in [3.05, 3.63) is 46.6 Å². The van der Waals surface area contributed by atoms with Gasteiger partial charge in [-0.15, -0.1) is 16.4 Å². The second kappa shape index (κ2) is 5.10. The van der Waals surface area contributed by atoms with Crippen LogP contribution in [0.3, 0.4) is 0 Å². The fraction of sp³-hybridized carbons (Fsp3) is 0.143. The number of aromatic carboxylic acids is 1. The lowest BCUT2D eigenvalue weighted by atomic mass is 10.3. The lowest BCUT2D eigenvalue weighted by molar-refractivity contribution is 0.0701. The number of carboxylic acids is 1. The number of carboxylic acid groups (broad SMARTS) is 1. The molecule has 0 spiro atoms. The Bertz CT molecular complexity index is 808. The number of aryl methyl sites for hydroxylation is 1. The molecule has 0 radical (unpaired) electrons. The molecule has 3 aromatic rings. The van der Waals surface area contributed by atoms with Crippen LogP contribution in [0.15, 0.2) is 30.3 Å². The van der Waals surface area contributed by atoms with Crippen LogP contribution in [0.4, 0.5) is 0 Å². The number of nitrogens with zero attached hydrogens (tertiary/aromatic N) is 4. The van der Waals surface area contributed by atoms with Gasteiger partial charge in [-0.25, -0.2) is 14.5 Å². The zero-order chi connectivity index (χ0) is 15.0. The lowest BCUT2D eigenvalue weighted by Crippen LogP contribution is -1.98. The Hall–Kier alpha value is -2.54. The van der Waals surface area contributed by atoms with Crippen molar-refractivity contribution in [3.8, 4) is 16.4 Å². The van der Waals surface area contributed by atoms with Crippen molar-refractivity contribution in [2.75, 3.05) is 0 Å². The summed E-state index contributed by atoms with van der Waals surface area (Å²) in [5.74, 6) is -0.968. The van der Waals surface area contributed by atoms with Gasteiger partial charge in [-0.05, 0) is 26.0 Å². The summed E-state index contributed by atoms with van der Waals surface area (Å²) in [6.07, 6.45) is 0. The molecule has 0 amide bonds. The van der Waals surface area contributed by atoms with Crippen LogP contribution >= 0.6 is 11.3 Å². The summed E-state index contributed by atoms with van der Waals surface area (Å²) in [6, 6.07) is 9.64. The minimum Gasteiger partial charge on any atom is -0.477 e. The molecule has 0 bridgehead atoms. The summed E-state index contributed by atoms with van der Waals surface area (Å²) in [6.45, 7) is 3.57. The van der Waals surface area contributed by atoms with Crippen molar-refractivity contribution in [3.63, 3.8) is 0 Å². The maximum Gasteiger partial charge on any atom is 0.347 e. The van der Waals surface area contributed by atoms with E-state index in [0.29, 0.717) is 16.4 Å². The summed E-state index contributed by atoms with van der Waals surface area (Å²) in [7, 11) is 0. The van der Waals surface area contributed by atoms with Crippen LogP contribution in [0.1, 0.15) is 21.1 Å². The van der Waals surface area contributed by atoms with Crippen molar-refractivity contribution >= 4 is 17.3 Å². The molecule has 7 heteroatoms. The van der Waals surface area contributed by atoms with E-state index >= 15 is 0 Å². The second-order valence-electron chi connectivity index (χ2n) is 4.51. The molecule has 106 valence electrons. The topological polar surface area (TPSA) is 80.9 Å². The molecule has 0 atom stereocenters. The van der Waals surface area contributed by atoms with E-state index in [1.807, 2.05) is 37.3 Å². The van der Waals surface area contributed by atoms with Gasteiger partial charge >= 0.3 is 5.97 Å². The predicted molar refractivity (Wildman–Crippen MR) is 78.9 cm³/mol. The monoisotopic (exact) mass is 300 g/mol. The third kappa shape index (κ3) is 2.31. The number of benzene rings is 1. The Morgan fingerprint density at radius 1 is 1.24 bits per heavy atom. The first-order valence-electron chi connectivity index (χ1n) is 6.26. The fourth-order valence-electron chi connectivity index (χ4n) is 2.04. The first kappa shape index (κ1) is 13.4. The number of thiazole rings is 1. The van der Waals surface area contributed by atoms with E-state index in [2.05, 4.69) is 15.3 Å². The summed E-state index contributed by atoms with van der Waals surface area (Å²) in [4.78, 5) is 15.6. The molecule has 21 heavy (non-hydrogen) atoms. The minimum absolute atomic E-state index is 0.235. The Kier molecular flexibility index (Phi) is 3.26. The van der Waals surface area contributed by atoms with Crippen LogP contribution in [0, 0.1) is 13.8 Å². The SMILES string of the molecule is Cc1nc(-c2nnn(-c3ccccc3)c2C)sc1C(=O)O. The van der Waals surface area contributed by atoms with Crippen molar-refractivity contribution in [1.29, 1.82) is 0 Å². The quantitative estimate of drug-likeness (QED) is 0.804. The molecule has 1 aromatic carbocycles. The summed E-state index contributed by atoms with van der Waals surface area (Å²) < 4.78 is 1.71. The molecule has 0 fully saturated rings. The Morgan fingerprint density at radius 2 is 1.95 bits per heavy atom. The lowest BCUT2D eigenvalue weighted by Gasteiger charge is -2.01. The Morgan fingerprint density at radius 3 is 2.57 bits per heavy atom. The molecule has 0 aliphatic carbocycles. The van der Waals surface area contributed by atoms with Gasteiger partial charge in [0.05, 0.1) is 17.1 Å². The second-order valence-corrected chi connectivity index (χ2v) is 5.51. The standard InChI is InChI=1S/C14H12N4O2S/c1-8-12(14(19)20)21-13(15-8)11-9(2)18(17-16-11)10-6-4-3-5-7-10/h3-7H,1-2H3,(H,19,20). The minimum atomic E-state index is -0.968. The van der Waals surface area contributed by atoms with E-state index in [0.717, 1.165) is 22.7 Å². The summed E-state index contributed by atoms with van der Waals surface area (Å²) in [5.41, 5.74) is 2.84. The first-order chi connectivity index (χ1) is 10.1. The predicted octanol–water partition coefficient (Wildman–Crippen LogP) is 2.71. The van der Waals surface area contributed by atoms with Gasteiger partial charge < -0.3 is 5.11 Å². The smallest absolute Gasteiger partial charge is 0.347 e. The van der Waals surface area contributed by atoms with E-state index < -0.39 is 5.97 Å². The van der Waals surface area contributed by atoms with Gasteiger partial charge in [0.2, 0.25) is 0 Å². The van der Waals surface area contributed by atoms with Gasteiger partial charge in [-0.3, -0.25) is 0 Å². The number of hydrogen-bond donors (Lipinski definition) is 1. The van der Waals surface area contributed by atoms with Crippen LogP contribution < -0.4 is 0 Å². The molecule has 0 saturated heterocycles. The summed E-state index contributed by atoms with van der Waals surface area (Å²) in [5, 5.41) is 18.0. The normalized spacial score (nSPS) is 10.8. The molecule has 0 aliphatic heterocycles. The zero-order valence-electron chi connectivity index (χ0n) is 11.4. The van der Waals surface area contributed by atoms with Crippen molar-refractivity contribution in [1.82, 2.24) is 20.0 Å². The molecular formula is C14H12N4O2S. The van der Waals surface area contributed by atoms with Crippen molar-refractivity contribution < 1.29 is 9.90 Å². The van der Waals surface area contributed by atoms with Gasteiger partial charge in [0, 0.05) is 0 Å². The van der Waals surface area contributed by atoms with Gasteiger partial charge in [0.25, 0.3) is 0 Å². The van der Waals surface area contributed by atoms with Crippen LogP contribution in [0.5, 0.6) is 0 Å². The maximum atomic E-state index is 11.1. The molecule has 2 heterocycles. The molecule has 0 unspecified atom stereocenters. The average Bonchev–Trinajstić information content (AvgIpc) is 3.03. The summed E-state index contributed by atoms with van der Waals surface area (Å²) >= 11 is 1.12. The number of hydrogen-bond acceptors (Lipinski definition) is 5. The first-order valence-corrected chi connectivity index (χ1v) is 7.08. The number of para-hydroxylation sites is 1. The van der Waals surface area contributed by atoms with Gasteiger partial charge in [0.15, 0.2) is 0 Å².